The molecule has 5 nitrogen and oxygen atoms in total. The summed E-state index contributed by atoms with van der Waals surface area (Å²) in [5.41, 5.74) is 0.682. The molecule has 1 aromatic carbocycles. The van der Waals surface area contributed by atoms with Gasteiger partial charge in [0.25, 0.3) is 10.0 Å². The Morgan fingerprint density at radius 2 is 2.16 bits per heavy atom. The van der Waals surface area contributed by atoms with Gasteiger partial charge in [0.2, 0.25) is 0 Å². The number of hydrogen-bond donors (Lipinski definition) is 1. The molecule has 2 aliphatic heterocycles. The fourth-order valence-electron chi connectivity index (χ4n) is 2.72. The van der Waals surface area contributed by atoms with Gasteiger partial charge in [0.15, 0.2) is 5.84 Å². The maximum atomic E-state index is 12.0. The summed E-state index contributed by atoms with van der Waals surface area (Å²) in [7, 11) is -3.54. The molecule has 0 unspecified atom stereocenters. The summed E-state index contributed by atoms with van der Waals surface area (Å²) >= 11 is 0. The van der Waals surface area contributed by atoms with Crippen molar-refractivity contribution in [2.45, 2.75) is 17.7 Å². The summed E-state index contributed by atoms with van der Waals surface area (Å²) in [4.78, 5) is 2.27. The van der Waals surface area contributed by atoms with Crippen molar-refractivity contribution in [1.82, 2.24) is 4.90 Å². The van der Waals surface area contributed by atoms with Gasteiger partial charge in [0.05, 0.1) is 0 Å². The van der Waals surface area contributed by atoms with Crippen LogP contribution in [-0.2, 0) is 10.0 Å². The monoisotopic (exact) mass is 280 g/mol. The molecule has 0 spiro atoms. The first-order valence-corrected chi connectivity index (χ1v) is 7.86. The summed E-state index contributed by atoms with van der Waals surface area (Å²) in [6.45, 7) is 1.59. The van der Waals surface area contributed by atoms with Crippen molar-refractivity contribution in [2.75, 3.05) is 19.7 Å². The van der Waals surface area contributed by atoms with Crippen LogP contribution in [0.3, 0.4) is 0 Å². The molecule has 0 aromatic heterocycles. The molecule has 1 atom stereocenters. The molecule has 0 bridgehead atoms. The van der Waals surface area contributed by atoms with Crippen molar-refractivity contribution in [3.8, 4) is 0 Å². The number of nitrogens with zero attached hydrogens (tertiary/aromatic N) is 2. The van der Waals surface area contributed by atoms with Crippen molar-refractivity contribution < 1.29 is 13.5 Å². The fraction of sp³-hybridized carbons (Fsp3) is 0.462. The molecule has 1 N–H and O–H groups in total. The zero-order valence-corrected chi connectivity index (χ0v) is 11.3. The van der Waals surface area contributed by atoms with Crippen LogP contribution in [-0.4, -0.2) is 44.0 Å². The number of aliphatic hydroxyl groups is 1. The normalized spacial score (nSPS) is 25.0. The standard InChI is InChI=1S/C13H16N2O3S/c16-9-10-4-3-7-15(8-10)13-11-5-1-2-6-12(11)19(17,18)14-13/h1-2,5-6,10,16H,3-4,7-9H2/t10-/m0/s1. The van der Waals surface area contributed by atoms with Gasteiger partial charge in [-0.1, -0.05) is 12.1 Å². The smallest absolute Gasteiger partial charge is 0.285 e. The first-order valence-electron chi connectivity index (χ1n) is 6.42. The van der Waals surface area contributed by atoms with Crippen LogP contribution in [0.15, 0.2) is 33.6 Å². The number of benzene rings is 1. The Bertz CT molecular complexity index is 625. The molecule has 19 heavy (non-hydrogen) atoms. The highest BCUT2D eigenvalue weighted by Gasteiger charge is 2.33. The number of likely N-dealkylation sites (tertiary alicyclic amines) is 1. The van der Waals surface area contributed by atoms with Gasteiger partial charge in [-0.15, -0.1) is 4.40 Å². The van der Waals surface area contributed by atoms with Crippen molar-refractivity contribution in [1.29, 1.82) is 0 Å². The van der Waals surface area contributed by atoms with E-state index >= 15 is 0 Å². The van der Waals surface area contributed by atoms with Gasteiger partial charge in [0.1, 0.15) is 4.90 Å². The Morgan fingerprint density at radius 3 is 2.95 bits per heavy atom. The highest BCUT2D eigenvalue weighted by molar-refractivity contribution is 7.90. The van der Waals surface area contributed by atoms with E-state index in [-0.39, 0.29) is 17.4 Å². The van der Waals surface area contributed by atoms with Crippen LogP contribution in [0.2, 0.25) is 0 Å². The van der Waals surface area contributed by atoms with Crippen molar-refractivity contribution >= 4 is 15.9 Å². The van der Waals surface area contributed by atoms with Gasteiger partial charge in [0, 0.05) is 25.3 Å². The second-order valence-corrected chi connectivity index (χ2v) is 6.60. The molecule has 3 rings (SSSR count). The molecule has 2 heterocycles. The molecular weight excluding hydrogens is 264 g/mol. The molecule has 0 radical (unpaired) electrons. The van der Waals surface area contributed by atoms with E-state index in [4.69, 9.17) is 0 Å². The molecule has 102 valence electrons. The van der Waals surface area contributed by atoms with E-state index in [9.17, 15) is 13.5 Å². The van der Waals surface area contributed by atoms with E-state index in [2.05, 4.69) is 4.40 Å². The summed E-state index contributed by atoms with van der Waals surface area (Å²) in [6, 6.07) is 6.92. The van der Waals surface area contributed by atoms with Gasteiger partial charge in [-0.25, -0.2) is 0 Å². The summed E-state index contributed by atoms with van der Waals surface area (Å²) in [6.07, 6.45) is 1.93. The number of hydrogen-bond acceptors (Lipinski definition) is 4. The number of rotatable bonds is 1. The van der Waals surface area contributed by atoms with Crippen molar-refractivity contribution in [3.05, 3.63) is 29.8 Å². The van der Waals surface area contributed by atoms with Crippen LogP contribution in [0.5, 0.6) is 0 Å². The minimum Gasteiger partial charge on any atom is -0.396 e. The molecule has 6 heteroatoms. The third-order valence-corrected chi connectivity index (χ3v) is 5.01. The maximum absolute atomic E-state index is 12.0. The highest BCUT2D eigenvalue weighted by atomic mass is 32.2. The molecule has 0 saturated carbocycles. The lowest BCUT2D eigenvalue weighted by atomic mass is 9.98. The van der Waals surface area contributed by atoms with E-state index < -0.39 is 10.0 Å². The largest absolute Gasteiger partial charge is 0.396 e. The predicted molar refractivity (Wildman–Crippen MR) is 71.5 cm³/mol. The highest BCUT2D eigenvalue weighted by Crippen LogP contribution is 2.29. The molecule has 0 amide bonds. The Labute approximate surface area is 112 Å². The zero-order valence-electron chi connectivity index (χ0n) is 10.5. The average molecular weight is 280 g/mol. The van der Waals surface area contributed by atoms with E-state index in [1.807, 2.05) is 11.0 Å². The fourth-order valence-corrected chi connectivity index (χ4v) is 3.95. The second kappa shape index (κ2) is 4.61. The molecule has 0 aliphatic carbocycles. The third kappa shape index (κ3) is 2.15. The third-order valence-electron chi connectivity index (χ3n) is 3.69. The lowest BCUT2D eigenvalue weighted by molar-refractivity contribution is 0.161. The number of sulfonamides is 1. The average Bonchev–Trinajstić information content (AvgIpc) is 2.72. The lowest BCUT2D eigenvalue weighted by Crippen LogP contribution is -2.40. The summed E-state index contributed by atoms with van der Waals surface area (Å²) in [5.74, 6) is 0.737. The SMILES string of the molecule is O=S1(=O)N=C(N2CCC[C@H](CO)C2)c2ccccc21. The van der Waals surface area contributed by atoms with E-state index in [1.165, 1.54) is 0 Å². The molecule has 1 fully saturated rings. The van der Waals surface area contributed by atoms with Crippen molar-refractivity contribution in [3.63, 3.8) is 0 Å². The first-order chi connectivity index (χ1) is 9.12. The Hall–Kier alpha value is -1.40. The van der Waals surface area contributed by atoms with Crippen molar-refractivity contribution in [2.24, 2.45) is 10.3 Å². The second-order valence-electron chi connectivity index (χ2n) is 5.02. The summed E-state index contributed by atoms with van der Waals surface area (Å²) in [5, 5.41) is 9.26. The number of aliphatic hydroxyl groups excluding tert-OH is 1. The van der Waals surface area contributed by atoms with Gasteiger partial charge < -0.3 is 10.0 Å². The Morgan fingerprint density at radius 1 is 1.37 bits per heavy atom. The van der Waals surface area contributed by atoms with Crippen LogP contribution >= 0.6 is 0 Å². The van der Waals surface area contributed by atoms with E-state index in [0.29, 0.717) is 17.9 Å². The number of amidine groups is 1. The van der Waals surface area contributed by atoms with E-state index in [0.717, 1.165) is 19.4 Å². The van der Waals surface area contributed by atoms with Crippen LogP contribution in [0.4, 0.5) is 0 Å². The van der Waals surface area contributed by atoms with Gasteiger partial charge in [-0.05, 0) is 30.9 Å². The predicted octanol–water partition coefficient (Wildman–Crippen LogP) is 0.840. The molecule has 1 aromatic rings. The Balaban J connectivity index is 1.98. The van der Waals surface area contributed by atoms with Gasteiger partial charge in [-0.2, -0.15) is 8.42 Å². The van der Waals surface area contributed by atoms with Gasteiger partial charge in [-0.3, -0.25) is 0 Å². The minimum absolute atomic E-state index is 0.137. The van der Waals surface area contributed by atoms with Crippen LogP contribution < -0.4 is 0 Å². The van der Waals surface area contributed by atoms with Crippen LogP contribution in [0.25, 0.3) is 0 Å². The minimum atomic E-state index is -3.54. The summed E-state index contributed by atoms with van der Waals surface area (Å²) < 4.78 is 27.9. The number of piperidine rings is 1. The van der Waals surface area contributed by atoms with Crippen LogP contribution in [0, 0.1) is 5.92 Å². The van der Waals surface area contributed by atoms with Gasteiger partial charge >= 0.3 is 0 Å². The molecule has 1 saturated heterocycles. The topological polar surface area (TPSA) is 70.0 Å². The zero-order chi connectivity index (χ0) is 13.5. The van der Waals surface area contributed by atoms with Crippen LogP contribution in [0.1, 0.15) is 18.4 Å². The van der Waals surface area contributed by atoms with E-state index in [1.54, 1.807) is 18.2 Å². The molecule has 2 aliphatic rings. The Kier molecular flexibility index (Phi) is 3.06. The lowest BCUT2D eigenvalue weighted by Gasteiger charge is -2.33. The number of fused-ring (bicyclic) bond motifs is 1. The maximum Gasteiger partial charge on any atom is 0.285 e. The quantitative estimate of drug-likeness (QED) is 0.827. The first kappa shape index (κ1) is 12.6. The molecular formula is C13H16N2O3S.